The SMILES string of the molecule is O=C(NCC#Cc1ccccc1)c1cc2c(s1)CCCC2. The summed E-state index contributed by atoms with van der Waals surface area (Å²) in [6.45, 7) is 0.385. The second kappa shape index (κ2) is 6.60. The number of hydrogen-bond donors (Lipinski definition) is 1. The Morgan fingerprint density at radius 2 is 2.00 bits per heavy atom. The van der Waals surface area contributed by atoms with Crippen LogP contribution in [-0.2, 0) is 12.8 Å². The molecular formula is C18H17NOS. The van der Waals surface area contributed by atoms with E-state index >= 15 is 0 Å². The van der Waals surface area contributed by atoms with E-state index in [-0.39, 0.29) is 5.91 Å². The summed E-state index contributed by atoms with van der Waals surface area (Å²) in [4.78, 5) is 14.3. The van der Waals surface area contributed by atoms with Crippen molar-refractivity contribution in [2.75, 3.05) is 6.54 Å². The maximum Gasteiger partial charge on any atom is 0.262 e. The number of nitrogens with one attached hydrogen (secondary N) is 1. The fraction of sp³-hybridized carbons (Fsp3) is 0.278. The van der Waals surface area contributed by atoms with Gasteiger partial charge in [0, 0.05) is 10.4 Å². The first kappa shape index (κ1) is 13.9. The zero-order valence-electron chi connectivity index (χ0n) is 11.8. The number of carbonyl (C=O) groups is 1. The number of carbonyl (C=O) groups excluding carboxylic acids is 1. The fourth-order valence-corrected chi connectivity index (χ4v) is 3.65. The van der Waals surface area contributed by atoms with Crippen molar-refractivity contribution >= 4 is 17.2 Å². The lowest BCUT2D eigenvalue weighted by atomic mass is 9.99. The van der Waals surface area contributed by atoms with E-state index in [9.17, 15) is 4.79 Å². The molecule has 1 N–H and O–H groups in total. The number of benzene rings is 1. The van der Waals surface area contributed by atoms with Gasteiger partial charge in [0.05, 0.1) is 11.4 Å². The summed E-state index contributed by atoms with van der Waals surface area (Å²) in [6.07, 6.45) is 4.73. The Morgan fingerprint density at radius 3 is 2.81 bits per heavy atom. The lowest BCUT2D eigenvalue weighted by Crippen LogP contribution is -2.22. The van der Waals surface area contributed by atoms with Crippen molar-refractivity contribution in [3.8, 4) is 11.8 Å². The molecule has 2 nitrogen and oxygen atoms in total. The average Bonchev–Trinajstić information content (AvgIpc) is 2.96. The van der Waals surface area contributed by atoms with Crippen LogP contribution in [0.3, 0.4) is 0 Å². The molecular weight excluding hydrogens is 278 g/mol. The van der Waals surface area contributed by atoms with Crippen LogP contribution in [0.25, 0.3) is 0 Å². The number of aryl methyl sites for hydroxylation is 2. The molecule has 1 aliphatic carbocycles. The predicted molar refractivity (Wildman–Crippen MR) is 86.6 cm³/mol. The molecule has 1 amide bonds. The van der Waals surface area contributed by atoms with Gasteiger partial charge < -0.3 is 5.32 Å². The summed E-state index contributed by atoms with van der Waals surface area (Å²) in [7, 11) is 0. The summed E-state index contributed by atoms with van der Waals surface area (Å²) in [6, 6.07) is 11.9. The molecule has 0 bridgehead atoms. The number of thiophene rings is 1. The number of hydrogen-bond acceptors (Lipinski definition) is 2. The van der Waals surface area contributed by atoms with Crippen LogP contribution in [0.5, 0.6) is 0 Å². The Morgan fingerprint density at radius 1 is 1.19 bits per heavy atom. The van der Waals surface area contributed by atoms with E-state index in [1.54, 1.807) is 11.3 Å². The van der Waals surface area contributed by atoms with E-state index in [2.05, 4.69) is 23.2 Å². The molecule has 3 heteroatoms. The highest BCUT2D eigenvalue weighted by molar-refractivity contribution is 7.14. The van der Waals surface area contributed by atoms with Crippen LogP contribution in [0.4, 0.5) is 0 Å². The monoisotopic (exact) mass is 295 g/mol. The van der Waals surface area contributed by atoms with Crippen molar-refractivity contribution in [2.24, 2.45) is 0 Å². The minimum absolute atomic E-state index is 0.00300. The third kappa shape index (κ3) is 3.53. The molecule has 0 atom stereocenters. The van der Waals surface area contributed by atoms with Gasteiger partial charge in [0.2, 0.25) is 0 Å². The molecule has 1 aromatic carbocycles. The zero-order chi connectivity index (χ0) is 14.5. The molecule has 0 spiro atoms. The van der Waals surface area contributed by atoms with Crippen molar-refractivity contribution < 1.29 is 4.79 Å². The standard InChI is InChI=1S/C18H17NOS/c20-18(17-13-15-10-4-5-11-16(15)21-17)19-12-6-9-14-7-2-1-3-8-14/h1-3,7-8,13H,4-5,10-12H2,(H,19,20). The van der Waals surface area contributed by atoms with Gasteiger partial charge in [0.15, 0.2) is 0 Å². The first-order chi connectivity index (χ1) is 10.3. The van der Waals surface area contributed by atoms with E-state index in [0.717, 1.165) is 23.3 Å². The summed E-state index contributed by atoms with van der Waals surface area (Å²) in [5.74, 6) is 6.02. The molecule has 2 aromatic rings. The fourth-order valence-electron chi connectivity index (χ4n) is 2.48. The van der Waals surface area contributed by atoms with Crippen molar-refractivity contribution in [3.05, 3.63) is 57.3 Å². The van der Waals surface area contributed by atoms with Gasteiger partial charge in [-0.15, -0.1) is 11.3 Å². The molecule has 0 radical (unpaired) electrons. The van der Waals surface area contributed by atoms with Crippen molar-refractivity contribution in [1.29, 1.82) is 0 Å². The number of fused-ring (bicyclic) bond motifs is 1. The van der Waals surface area contributed by atoms with E-state index in [4.69, 9.17) is 0 Å². The normalized spacial score (nSPS) is 13.0. The first-order valence-electron chi connectivity index (χ1n) is 7.26. The van der Waals surface area contributed by atoms with Gasteiger partial charge in [-0.25, -0.2) is 0 Å². The summed E-state index contributed by atoms with van der Waals surface area (Å²) >= 11 is 1.64. The highest BCUT2D eigenvalue weighted by atomic mass is 32.1. The average molecular weight is 295 g/mol. The largest absolute Gasteiger partial charge is 0.340 e. The number of rotatable bonds is 2. The van der Waals surface area contributed by atoms with Gasteiger partial charge in [0.1, 0.15) is 0 Å². The van der Waals surface area contributed by atoms with Crippen LogP contribution in [0.1, 0.15) is 38.5 Å². The quantitative estimate of drug-likeness (QED) is 0.845. The molecule has 0 saturated carbocycles. The third-order valence-electron chi connectivity index (χ3n) is 3.56. The van der Waals surface area contributed by atoms with Gasteiger partial charge >= 0.3 is 0 Å². The van der Waals surface area contributed by atoms with E-state index < -0.39 is 0 Å². The van der Waals surface area contributed by atoms with Crippen LogP contribution in [0, 0.1) is 11.8 Å². The minimum atomic E-state index is -0.00300. The molecule has 0 saturated heterocycles. The van der Waals surface area contributed by atoms with Crippen molar-refractivity contribution in [2.45, 2.75) is 25.7 Å². The van der Waals surface area contributed by atoms with Crippen molar-refractivity contribution in [1.82, 2.24) is 5.32 Å². The summed E-state index contributed by atoms with van der Waals surface area (Å²) in [5, 5.41) is 2.88. The third-order valence-corrected chi connectivity index (χ3v) is 4.80. The van der Waals surface area contributed by atoms with Gasteiger partial charge in [-0.3, -0.25) is 4.79 Å². The molecule has 21 heavy (non-hydrogen) atoms. The van der Waals surface area contributed by atoms with Gasteiger partial charge in [-0.2, -0.15) is 0 Å². The molecule has 0 unspecified atom stereocenters. The Hall–Kier alpha value is -2.05. The molecule has 0 aliphatic heterocycles. The second-order valence-corrected chi connectivity index (χ2v) is 6.25. The van der Waals surface area contributed by atoms with E-state index in [0.29, 0.717) is 6.54 Å². The number of amides is 1. The van der Waals surface area contributed by atoms with Crippen LogP contribution >= 0.6 is 11.3 Å². The lowest BCUT2D eigenvalue weighted by molar-refractivity contribution is 0.0962. The molecule has 1 aliphatic rings. The Kier molecular flexibility index (Phi) is 4.37. The maximum absolute atomic E-state index is 12.1. The van der Waals surface area contributed by atoms with Gasteiger partial charge in [0.25, 0.3) is 5.91 Å². The molecule has 3 rings (SSSR count). The minimum Gasteiger partial charge on any atom is -0.340 e. The van der Waals surface area contributed by atoms with Crippen LogP contribution in [0.15, 0.2) is 36.4 Å². The second-order valence-electron chi connectivity index (χ2n) is 5.12. The smallest absolute Gasteiger partial charge is 0.262 e. The van der Waals surface area contributed by atoms with Crippen LogP contribution in [-0.4, -0.2) is 12.5 Å². The topological polar surface area (TPSA) is 29.1 Å². The van der Waals surface area contributed by atoms with E-state index in [1.807, 2.05) is 30.3 Å². The van der Waals surface area contributed by atoms with Crippen LogP contribution < -0.4 is 5.32 Å². The molecule has 1 aromatic heterocycles. The first-order valence-corrected chi connectivity index (χ1v) is 8.08. The Balaban J connectivity index is 1.57. The van der Waals surface area contributed by atoms with Crippen molar-refractivity contribution in [3.63, 3.8) is 0 Å². The highest BCUT2D eigenvalue weighted by Crippen LogP contribution is 2.29. The Bertz CT molecular complexity index is 667. The summed E-state index contributed by atoms with van der Waals surface area (Å²) in [5.41, 5.74) is 2.34. The molecule has 1 heterocycles. The predicted octanol–water partition coefficient (Wildman–Crippen LogP) is 3.41. The van der Waals surface area contributed by atoms with E-state index in [1.165, 1.54) is 23.3 Å². The molecule has 106 valence electrons. The maximum atomic E-state index is 12.1. The van der Waals surface area contributed by atoms with Gasteiger partial charge in [-0.05, 0) is 49.4 Å². The Labute approximate surface area is 129 Å². The van der Waals surface area contributed by atoms with Crippen LogP contribution in [0.2, 0.25) is 0 Å². The molecule has 0 fully saturated rings. The highest BCUT2D eigenvalue weighted by Gasteiger charge is 2.16. The van der Waals surface area contributed by atoms with Gasteiger partial charge in [-0.1, -0.05) is 30.0 Å². The summed E-state index contributed by atoms with van der Waals surface area (Å²) < 4.78 is 0. The lowest BCUT2D eigenvalue weighted by Gasteiger charge is -2.08. The zero-order valence-corrected chi connectivity index (χ0v) is 12.6.